The summed E-state index contributed by atoms with van der Waals surface area (Å²) in [6.45, 7) is 0. The number of hydrogen-bond acceptors (Lipinski definition) is 6. The van der Waals surface area contributed by atoms with Crippen LogP contribution < -0.4 is 19.6 Å². The Balaban J connectivity index is 1.90. The van der Waals surface area contributed by atoms with E-state index in [4.69, 9.17) is 18.6 Å². The van der Waals surface area contributed by atoms with Gasteiger partial charge in [-0.3, -0.25) is 4.79 Å². The second-order valence-electron chi connectivity index (χ2n) is 6.38. The molecule has 0 saturated heterocycles. The van der Waals surface area contributed by atoms with Crippen LogP contribution in [0.1, 0.15) is 10.4 Å². The van der Waals surface area contributed by atoms with Crippen LogP contribution in [-0.4, -0.2) is 20.2 Å². The second-order valence-corrected chi connectivity index (χ2v) is 6.38. The number of benzene rings is 3. The van der Waals surface area contributed by atoms with Crippen molar-refractivity contribution in [1.82, 2.24) is 0 Å². The molecule has 0 unspecified atom stereocenters. The van der Waals surface area contributed by atoms with E-state index in [-0.39, 0.29) is 28.6 Å². The van der Waals surface area contributed by atoms with Crippen molar-refractivity contribution in [2.24, 2.45) is 0 Å². The number of ether oxygens (including phenoxy) is 3. The monoisotopic (exact) mass is 402 g/mol. The molecule has 0 saturated carbocycles. The summed E-state index contributed by atoms with van der Waals surface area (Å²) in [5.74, 6) is -0.278. The van der Waals surface area contributed by atoms with Crippen LogP contribution in [0.4, 0.5) is 0 Å². The third kappa shape index (κ3) is 3.39. The molecule has 0 aliphatic heterocycles. The fraction of sp³-hybridized carbons (Fsp3) is 0.0833. The molecular formula is C24H18O6. The molecule has 1 heterocycles. The van der Waals surface area contributed by atoms with Gasteiger partial charge in [0.05, 0.1) is 19.6 Å². The number of esters is 1. The number of hydrogen-bond donors (Lipinski definition) is 0. The molecule has 0 amide bonds. The average molecular weight is 402 g/mol. The zero-order valence-corrected chi connectivity index (χ0v) is 16.4. The minimum Gasteiger partial charge on any atom is -0.496 e. The van der Waals surface area contributed by atoms with Gasteiger partial charge in [-0.05, 0) is 24.3 Å². The summed E-state index contributed by atoms with van der Waals surface area (Å²) >= 11 is 0. The molecule has 4 rings (SSSR count). The van der Waals surface area contributed by atoms with Gasteiger partial charge in [0.2, 0.25) is 11.2 Å². The number of methoxy groups -OCH3 is 2. The van der Waals surface area contributed by atoms with E-state index in [0.29, 0.717) is 16.5 Å². The zero-order valence-electron chi connectivity index (χ0n) is 16.4. The number of fused-ring (bicyclic) bond motifs is 1. The number of rotatable bonds is 5. The Bertz CT molecular complexity index is 1250. The molecule has 0 radical (unpaired) electrons. The van der Waals surface area contributed by atoms with Crippen molar-refractivity contribution in [3.8, 4) is 28.6 Å². The summed E-state index contributed by atoms with van der Waals surface area (Å²) in [4.78, 5) is 26.3. The van der Waals surface area contributed by atoms with E-state index >= 15 is 0 Å². The summed E-state index contributed by atoms with van der Waals surface area (Å²) in [6.07, 6.45) is 0. The number of carbonyl (C=O) groups excluding carboxylic acids is 1. The Hall–Kier alpha value is -4.06. The van der Waals surface area contributed by atoms with Crippen LogP contribution in [0.15, 0.2) is 82.0 Å². The lowest BCUT2D eigenvalue weighted by molar-refractivity contribution is 0.0724. The van der Waals surface area contributed by atoms with Crippen molar-refractivity contribution >= 4 is 16.9 Å². The van der Waals surface area contributed by atoms with Crippen LogP contribution >= 0.6 is 0 Å². The van der Waals surface area contributed by atoms with Crippen LogP contribution in [0, 0.1) is 0 Å². The van der Waals surface area contributed by atoms with Crippen LogP contribution in [-0.2, 0) is 0 Å². The predicted molar refractivity (Wildman–Crippen MR) is 112 cm³/mol. The van der Waals surface area contributed by atoms with Crippen molar-refractivity contribution in [2.45, 2.75) is 0 Å². The minimum absolute atomic E-state index is 0.0778. The topological polar surface area (TPSA) is 75.0 Å². The van der Waals surface area contributed by atoms with Gasteiger partial charge in [-0.15, -0.1) is 0 Å². The highest BCUT2D eigenvalue weighted by atomic mass is 16.5. The lowest BCUT2D eigenvalue weighted by atomic mass is 10.1. The molecule has 0 aliphatic carbocycles. The molecule has 30 heavy (non-hydrogen) atoms. The highest BCUT2D eigenvalue weighted by Crippen LogP contribution is 2.33. The van der Waals surface area contributed by atoms with E-state index in [1.54, 1.807) is 66.7 Å². The maximum atomic E-state index is 13.2. The van der Waals surface area contributed by atoms with Crippen LogP contribution in [0.5, 0.6) is 17.2 Å². The van der Waals surface area contributed by atoms with Crippen LogP contribution in [0.25, 0.3) is 22.3 Å². The lowest BCUT2D eigenvalue weighted by Gasteiger charge is -2.14. The molecule has 1 aromatic heterocycles. The molecule has 3 aromatic carbocycles. The van der Waals surface area contributed by atoms with E-state index in [2.05, 4.69) is 0 Å². The molecule has 0 spiro atoms. The maximum absolute atomic E-state index is 13.2. The fourth-order valence-electron chi connectivity index (χ4n) is 3.19. The van der Waals surface area contributed by atoms with Gasteiger partial charge in [-0.25, -0.2) is 4.79 Å². The highest BCUT2D eigenvalue weighted by Gasteiger charge is 2.25. The zero-order chi connectivity index (χ0) is 21.1. The van der Waals surface area contributed by atoms with E-state index in [9.17, 15) is 9.59 Å². The third-order valence-electron chi connectivity index (χ3n) is 4.62. The van der Waals surface area contributed by atoms with Gasteiger partial charge in [0, 0.05) is 5.56 Å². The first-order chi connectivity index (χ1) is 14.6. The molecule has 0 N–H and O–H groups in total. The molecule has 0 bridgehead atoms. The normalized spacial score (nSPS) is 10.6. The molecule has 6 nitrogen and oxygen atoms in total. The van der Waals surface area contributed by atoms with Crippen LogP contribution in [0.3, 0.4) is 0 Å². The highest BCUT2D eigenvalue weighted by molar-refractivity contribution is 5.98. The van der Waals surface area contributed by atoms with Gasteiger partial charge in [0.15, 0.2) is 5.76 Å². The molecule has 150 valence electrons. The summed E-state index contributed by atoms with van der Waals surface area (Å²) in [7, 11) is 2.87. The van der Waals surface area contributed by atoms with Crippen molar-refractivity contribution in [3.05, 3.63) is 88.6 Å². The van der Waals surface area contributed by atoms with Crippen molar-refractivity contribution < 1.29 is 23.4 Å². The summed E-state index contributed by atoms with van der Waals surface area (Å²) in [5.41, 5.74) is 0.637. The van der Waals surface area contributed by atoms with E-state index in [1.165, 1.54) is 14.2 Å². The van der Waals surface area contributed by atoms with E-state index in [1.807, 2.05) is 6.07 Å². The molecule has 0 fully saturated rings. The van der Waals surface area contributed by atoms with Gasteiger partial charge >= 0.3 is 5.97 Å². The Morgan fingerprint density at radius 3 is 2.10 bits per heavy atom. The molecule has 0 aliphatic rings. The maximum Gasteiger partial charge on any atom is 0.351 e. The summed E-state index contributed by atoms with van der Waals surface area (Å²) < 4.78 is 22.1. The third-order valence-corrected chi connectivity index (χ3v) is 4.62. The largest absolute Gasteiger partial charge is 0.496 e. The van der Waals surface area contributed by atoms with Gasteiger partial charge in [0.1, 0.15) is 22.6 Å². The molecule has 0 atom stereocenters. The Labute approximate surface area is 172 Å². The Morgan fingerprint density at radius 1 is 0.800 bits per heavy atom. The first-order valence-electron chi connectivity index (χ1n) is 9.18. The SMILES string of the molecule is COc1cccc(OC)c1C(=O)Oc1c(-c2ccccc2)oc2ccccc2c1=O. The van der Waals surface area contributed by atoms with E-state index in [0.717, 1.165) is 0 Å². The summed E-state index contributed by atoms with van der Waals surface area (Å²) in [5, 5.41) is 0.312. The van der Waals surface area contributed by atoms with Gasteiger partial charge in [0.25, 0.3) is 0 Å². The van der Waals surface area contributed by atoms with E-state index < -0.39 is 11.4 Å². The second kappa shape index (κ2) is 8.13. The quantitative estimate of drug-likeness (QED) is 0.451. The first kappa shape index (κ1) is 19.3. The Morgan fingerprint density at radius 2 is 1.43 bits per heavy atom. The average Bonchev–Trinajstić information content (AvgIpc) is 2.80. The first-order valence-corrected chi connectivity index (χ1v) is 9.18. The predicted octanol–water partition coefficient (Wildman–Crippen LogP) is 4.70. The number of para-hydroxylation sites is 1. The fourth-order valence-corrected chi connectivity index (χ4v) is 3.19. The van der Waals surface area contributed by atoms with Gasteiger partial charge in [-0.2, -0.15) is 0 Å². The lowest BCUT2D eigenvalue weighted by Crippen LogP contribution is -2.17. The number of carbonyl (C=O) groups is 1. The Kier molecular flexibility index (Phi) is 5.22. The van der Waals surface area contributed by atoms with Gasteiger partial charge in [-0.1, -0.05) is 48.5 Å². The van der Waals surface area contributed by atoms with Crippen molar-refractivity contribution in [3.63, 3.8) is 0 Å². The van der Waals surface area contributed by atoms with Crippen molar-refractivity contribution in [2.75, 3.05) is 14.2 Å². The smallest absolute Gasteiger partial charge is 0.351 e. The van der Waals surface area contributed by atoms with Crippen molar-refractivity contribution in [1.29, 1.82) is 0 Å². The van der Waals surface area contributed by atoms with Gasteiger partial charge < -0.3 is 18.6 Å². The minimum atomic E-state index is -0.788. The molecular weight excluding hydrogens is 384 g/mol. The molecule has 6 heteroatoms. The summed E-state index contributed by atoms with van der Waals surface area (Å²) in [6, 6.07) is 20.7. The standard InChI is InChI=1S/C24H18O6/c1-27-18-13-8-14-19(28-2)20(18)24(26)30-23-21(25)16-11-6-7-12-17(16)29-22(23)15-9-4-3-5-10-15/h3-14H,1-2H3. The van der Waals surface area contributed by atoms with Crippen LogP contribution in [0.2, 0.25) is 0 Å². The molecule has 4 aromatic rings.